The average Bonchev–Trinajstić information content (AvgIpc) is 3.94. The van der Waals surface area contributed by atoms with Crippen LogP contribution < -0.4 is 27.2 Å². The van der Waals surface area contributed by atoms with Crippen molar-refractivity contribution in [1.82, 2.24) is 50.2 Å². The van der Waals surface area contributed by atoms with Crippen LogP contribution in [0.15, 0.2) is 63.5 Å². The molecule has 7 rings (SSSR count). The number of ether oxygens (including phenoxy) is 3. The van der Waals surface area contributed by atoms with Gasteiger partial charge >= 0.3 is 0 Å². The van der Waals surface area contributed by atoms with Crippen LogP contribution in [0.25, 0.3) is 16.2 Å². The summed E-state index contributed by atoms with van der Waals surface area (Å²) in [4.78, 5) is 68.6. The standard InChI is InChI=1S/C46H54ClFN12O7S2/c1-26-27(2)69-44-37(26)38(31-9-11-32(47)12-10-31)53-34(40-58-57-28(3)60(40)44)23-36(62)50-15-5-17-65-19-21-67-22-20-66-18-6-16-51-42(63)35(52-29(4)61)25-68-46-54-39-41(55-45(49)56-43(39)64)59(46)24-30-7-13-33(48)14-8-30/h7-14,34-35H,5-6,15-25H2,1-4H3,(H,50,62)(H,51,63)(H,52,61)(H3,49,55,56,64)/t34-,35-/m0/s1. The van der Waals surface area contributed by atoms with Gasteiger partial charge in [0.1, 0.15) is 28.7 Å². The number of H-pyrrole nitrogens is 1. The van der Waals surface area contributed by atoms with Crippen LogP contribution in [0.3, 0.4) is 0 Å². The fraction of sp³-hybridized carbons (Fsp3) is 0.413. The Morgan fingerprint density at radius 1 is 0.928 bits per heavy atom. The van der Waals surface area contributed by atoms with Gasteiger partial charge in [0.2, 0.25) is 23.7 Å². The number of halogens is 2. The number of aryl methyl sites for hydroxylation is 2. The van der Waals surface area contributed by atoms with Gasteiger partial charge in [0.05, 0.1) is 45.1 Å². The average molecular weight is 1010 g/mol. The number of nitrogens with two attached hydrogens (primary N) is 1. The summed E-state index contributed by atoms with van der Waals surface area (Å²) in [5, 5.41) is 19.3. The van der Waals surface area contributed by atoms with Crippen molar-refractivity contribution in [3.8, 4) is 5.00 Å². The highest BCUT2D eigenvalue weighted by Gasteiger charge is 2.32. The Morgan fingerprint density at radius 2 is 1.59 bits per heavy atom. The molecule has 69 heavy (non-hydrogen) atoms. The molecule has 5 heterocycles. The first kappa shape index (κ1) is 50.8. The molecule has 0 unspecified atom stereocenters. The molecule has 1 aliphatic heterocycles. The number of aromatic nitrogens is 7. The van der Waals surface area contributed by atoms with Crippen LogP contribution in [0, 0.1) is 26.6 Å². The van der Waals surface area contributed by atoms with E-state index in [1.54, 1.807) is 28.0 Å². The number of nitrogens with zero attached hydrogens (tertiary/aromatic N) is 7. The van der Waals surface area contributed by atoms with Gasteiger partial charge in [-0.05, 0) is 69.0 Å². The van der Waals surface area contributed by atoms with Crippen LogP contribution in [-0.2, 0) is 35.1 Å². The number of nitrogens with one attached hydrogen (secondary N) is 4. The van der Waals surface area contributed by atoms with E-state index in [0.717, 1.165) is 50.6 Å². The molecular formula is C46H54ClFN12O7S2. The lowest BCUT2D eigenvalue weighted by molar-refractivity contribution is -0.127. The molecule has 0 fully saturated rings. The van der Waals surface area contributed by atoms with Crippen molar-refractivity contribution in [1.29, 1.82) is 0 Å². The normalized spacial score (nSPS) is 13.7. The number of hydrogen-bond donors (Lipinski definition) is 5. The van der Waals surface area contributed by atoms with Crippen molar-refractivity contribution in [3.63, 3.8) is 0 Å². The summed E-state index contributed by atoms with van der Waals surface area (Å²) in [5.74, 6) is 0.00423. The SMILES string of the molecule is CC(=O)N[C@@H](CSc1nc2c(=O)[nH]c(N)nc2n1Cc1ccc(F)cc1)C(=O)NCCCOCCOCCOCCCNC(=O)C[C@@H]1N=C(c2ccc(Cl)cc2)c2c(sc(C)c2C)-n2c(C)nnc21. The van der Waals surface area contributed by atoms with Crippen molar-refractivity contribution in [3.05, 3.63) is 109 Å². The third-order valence-electron chi connectivity index (χ3n) is 10.9. The van der Waals surface area contributed by atoms with E-state index in [4.69, 9.17) is 36.5 Å². The lowest BCUT2D eigenvalue weighted by Gasteiger charge is -2.17. The molecule has 19 nitrogen and oxygen atoms in total. The molecule has 0 saturated carbocycles. The number of carbonyl (C=O) groups is 3. The van der Waals surface area contributed by atoms with Crippen LogP contribution in [-0.4, -0.2) is 122 Å². The highest BCUT2D eigenvalue weighted by atomic mass is 35.5. The summed E-state index contributed by atoms with van der Waals surface area (Å²) in [6.45, 7) is 10.6. The second kappa shape index (κ2) is 24.0. The van der Waals surface area contributed by atoms with Crippen LogP contribution in [0.5, 0.6) is 0 Å². The topological polar surface area (TPSA) is 248 Å². The number of rotatable bonds is 24. The molecule has 6 aromatic rings. The molecule has 1 aliphatic rings. The molecule has 4 aromatic heterocycles. The second-order valence-corrected chi connectivity index (χ2v) is 18.7. The minimum Gasteiger partial charge on any atom is -0.379 e. The number of nitrogen functional groups attached to an aromatic ring is 1. The molecule has 2 atom stereocenters. The Hall–Kier alpha value is -6.04. The molecule has 0 radical (unpaired) electrons. The summed E-state index contributed by atoms with van der Waals surface area (Å²) in [6.07, 6.45) is 1.23. The Balaban J connectivity index is 0.765. The number of amides is 3. The monoisotopic (exact) mass is 1000 g/mol. The molecule has 0 saturated heterocycles. The van der Waals surface area contributed by atoms with Crippen molar-refractivity contribution in [2.24, 2.45) is 4.99 Å². The van der Waals surface area contributed by atoms with Gasteiger partial charge in [0.25, 0.3) is 5.56 Å². The number of thioether (sulfide) groups is 1. The number of imidazole rings is 1. The Labute approximate surface area is 410 Å². The van der Waals surface area contributed by atoms with E-state index in [-0.39, 0.29) is 41.7 Å². The van der Waals surface area contributed by atoms with E-state index in [9.17, 15) is 23.6 Å². The predicted molar refractivity (Wildman–Crippen MR) is 262 cm³/mol. The Bertz CT molecular complexity index is 2850. The fourth-order valence-corrected chi connectivity index (χ4v) is 9.81. The van der Waals surface area contributed by atoms with Crippen LogP contribution in [0.4, 0.5) is 10.3 Å². The van der Waals surface area contributed by atoms with Gasteiger partial charge in [-0.1, -0.05) is 47.6 Å². The summed E-state index contributed by atoms with van der Waals surface area (Å²) < 4.78 is 34.2. The maximum atomic E-state index is 13.6. The first-order chi connectivity index (χ1) is 33.3. The van der Waals surface area contributed by atoms with Gasteiger partial charge in [-0.25, -0.2) is 9.37 Å². The van der Waals surface area contributed by atoms with Gasteiger partial charge in [-0.2, -0.15) is 4.98 Å². The number of carbonyl (C=O) groups excluding carboxylic acids is 3. The predicted octanol–water partition coefficient (Wildman–Crippen LogP) is 4.75. The van der Waals surface area contributed by atoms with Crippen molar-refractivity contribution in [2.75, 3.05) is 64.2 Å². The number of anilines is 1. The number of hydrogen-bond acceptors (Lipinski definition) is 15. The lowest BCUT2D eigenvalue weighted by Crippen LogP contribution is -2.48. The van der Waals surface area contributed by atoms with Crippen LogP contribution >= 0.6 is 34.7 Å². The highest BCUT2D eigenvalue weighted by Crippen LogP contribution is 2.39. The van der Waals surface area contributed by atoms with E-state index in [2.05, 4.69) is 54.9 Å². The molecule has 366 valence electrons. The highest BCUT2D eigenvalue weighted by molar-refractivity contribution is 7.99. The first-order valence-electron chi connectivity index (χ1n) is 22.3. The summed E-state index contributed by atoms with van der Waals surface area (Å²) in [6, 6.07) is 12.0. The smallest absolute Gasteiger partial charge is 0.280 e. The third kappa shape index (κ3) is 13.2. The number of fused-ring (bicyclic) bond motifs is 4. The molecule has 3 amide bonds. The maximum Gasteiger partial charge on any atom is 0.280 e. The second-order valence-electron chi connectivity index (χ2n) is 16.1. The van der Waals surface area contributed by atoms with Crippen molar-refractivity contribution < 1.29 is 33.0 Å². The minimum atomic E-state index is -0.917. The number of thiophene rings is 1. The van der Waals surface area contributed by atoms with Gasteiger partial charge in [-0.3, -0.25) is 38.3 Å². The van der Waals surface area contributed by atoms with Crippen LogP contribution in [0.2, 0.25) is 5.02 Å². The zero-order chi connectivity index (χ0) is 49.0. The molecule has 2 aromatic carbocycles. The lowest BCUT2D eigenvalue weighted by atomic mass is 9.99. The minimum absolute atomic E-state index is 0.0535. The van der Waals surface area contributed by atoms with Crippen molar-refractivity contribution >= 4 is 75.2 Å². The maximum absolute atomic E-state index is 13.6. The Kier molecular flexibility index (Phi) is 17.7. The third-order valence-corrected chi connectivity index (χ3v) is 13.5. The van der Waals surface area contributed by atoms with Gasteiger partial charge < -0.3 is 35.9 Å². The molecule has 0 bridgehead atoms. The first-order valence-corrected chi connectivity index (χ1v) is 24.5. The molecular weight excluding hydrogens is 951 g/mol. The summed E-state index contributed by atoms with van der Waals surface area (Å²) in [7, 11) is 0. The Morgan fingerprint density at radius 3 is 2.28 bits per heavy atom. The zero-order valence-corrected chi connectivity index (χ0v) is 41.0. The number of aliphatic imine (C=N–C) groups is 1. The van der Waals surface area contributed by atoms with Gasteiger partial charge in [0, 0.05) is 60.0 Å². The quantitative estimate of drug-likeness (QED) is 0.0406. The molecule has 23 heteroatoms. The van der Waals surface area contributed by atoms with E-state index in [1.165, 1.54) is 23.9 Å². The van der Waals surface area contributed by atoms with E-state index >= 15 is 0 Å². The van der Waals surface area contributed by atoms with Gasteiger partial charge in [-0.15, -0.1) is 21.5 Å². The molecule has 0 spiro atoms. The largest absolute Gasteiger partial charge is 0.379 e. The van der Waals surface area contributed by atoms with E-state index in [1.807, 2.05) is 35.8 Å². The van der Waals surface area contributed by atoms with E-state index in [0.29, 0.717) is 81.6 Å². The fourth-order valence-electron chi connectivity index (χ4n) is 7.45. The summed E-state index contributed by atoms with van der Waals surface area (Å²) in [5.41, 5.74) is 10.1. The van der Waals surface area contributed by atoms with Gasteiger partial charge in [0.15, 0.2) is 22.1 Å². The number of aromatic amines is 1. The van der Waals surface area contributed by atoms with E-state index < -0.39 is 35.3 Å². The van der Waals surface area contributed by atoms with Crippen LogP contribution in [0.1, 0.15) is 71.0 Å². The van der Waals surface area contributed by atoms with Crippen molar-refractivity contribution in [2.45, 2.75) is 70.7 Å². The molecule has 6 N–H and O–H groups in total. The summed E-state index contributed by atoms with van der Waals surface area (Å²) >= 11 is 9.04. The zero-order valence-electron chi connectivity index (χ0n) is 38.6. The molecule has 0 aliphatic carbocycles. The number of benzene rings is 2.